The monoisotopic (exact) mass is 653 g/mol. The Bertz CT molecular complexity index is 1560. The van der Waals surface area contributed by atoms with Gasteiger partial charge in [-0.05, 0) is 54.0 Å². The number of amides is 3. The zero-order valence-corrected chi connectivity index (χ0v) is 27.2. The fourth-order valence-corrected chi connectivity index (χ4v) is 6.22. The fourth-order valence-electron chi connectivity index (χ4n) is 6.22. The summed E-state index contributed by atoms with van der Waals surface area (Å²) < 4.78 is 11.2. The number of ether oxygens (including phenoxy) is 2. The van der Waals surface area contributed by atoms with Gasteiger partial charge in [0.1, 0.15) is 19.3 Å². The van der Waals surface area contributed by atoms with Crippen molar-refractivity contribution >= 4 is 23.9 Å². The largest absolute Gasteiger partial charge is 0.462 e. The lowest BCUT2D eigenvalue weighted by Crippen LogP contribution is -2.45. The van der Waals surface area contributed by atoms with Gasteiger partial charge >= 0.3 is 12.1 Å². The van der Waals surface area contributed by atoms with Crippen LogP contribution >= 0.6 is 0 Å². The van der Waals surface area contributed by atoms with Crippen LogP contribution in [-0.2, 0) is 30.4 Å². The zero-order chi connectivity index (χ0) is 33.9. The second kappa shape index (κ2) is 16.7. The Labute approximate surface area is 281 Å². The minimum Gasteiger partial charge on any atom is -0.462 e. The van der Waals surface area contributed by atoms with Crippen LogP contribution in [0.15, 0.2) is 91.0 Å². The van der Waals surface area contributed by atoms with Gasteiger partial charge in [-0.15, -0.1) is 0 Å². The van der Waals surface area contributed by atoms with Crippen molar-refractivity contribution in [2.75, 3.05) is 26.4 Å². The average molecular weight is 654 g/mol. The lowest BCUT2D eigenvalue weighted by Gasteiger charge is -2.25. The summed E-state index contributed by atoms with van der Waals surface area (Å²) in [7, 11) is 0. The van der Waals surface area contributed by atoms with Gasteiger partial charge in [0, 0.05) is 25.4 Å². The number of rotatable bonds is 9. The first-order valence-electron chi connectivity index (χ1n) is 16.5. The van der Waals surface area contributed by atoms with Crippen molar-refractivity contribution in [1.82, 2.24) is 15.5 Å². The second-order valence-corrected chi connectivity index (χ2v) is 12.3. The van der Waals surface area contributed by atoms with Gasteiger partial charge in [-0.1, -0.05) is 91.0 Å². The van der Waals surface area contributed by atoms with E-state index in [0.717, 1.165) is 27.8 Å². The standard InChI is InChI=1S/C38H43N3O7/c1-26-24-47-37(45)34(40-38(46)48-25-33-31-17-10-8-15-29(31)30-16-9-11-18-32(30)33)19-7-3-6-14-28(36(44)39-26)22-35(43)41(20-21-42)23-27-12-4-2-5-13-27/h2-6,8-13,15-18,26,28,33-34,42H,7,14,19-25H2,1H3,(H,39,44)(H,40,46)/b6-3+/t26-,28+,34-/m0/s1. The number of esters is 1. The number of alkyl carbamates (subject to hydrolysis) is 1. The molecule has 3 aromatic rings. The van der Waals surface area contributed by atoms with E-state index in [0.29, 0.717) is 19.4 Å². The summed E-state index contributed by atoms with van der Waals surface area (Å²) in [5, 5.41) is 15.1. The molecule has 3 amide bonds. The first-order valence-corrected chi connectivity index (χ1v) is 16.5. The highest BCUT2D eigenvalue weighted by Crippen LogP contribution is 2.44. The molecule has 3 aromatic carbocycles. The SMILES string of the molecule is C[C@H]1COC(=O)[C@@H](NC(=O)OCC2c3ccccc3-c3ccccc32)CC/C=C/C[C@H](CC(=O)N(CCO)Cc2ccccc2)C(=O)N1. The minimum atomic E-state index is -0.948. The van der Waals surface area contributed by atoms with Crippen molar-refractivity contribution in [1.29, 1.82) is 0 Å². The number of nitrogens with one attached hydrogen (secondary N) is 2. The first-order chi connectivity index (χ1) is 23.3. The molecule has 0 aromatic heterocycles. The minimum absolute atomic E-state index is 0.0402. The van der Waals surface area contributed by atoms with Crippen molar-refractivity contribution in [3.05, 3.63) is 108 Å². The number of hydrogen-bond donors (Lipinski definition) is 3. The third-order valence-electron chi connectivity index (χ3n) is 8.72. The summed E-state index contributed by atoms with van der Waals surface area (Å²) in [4.78, 5) is 54.1. The molecular formula is C38H43N3O7. The Balaban J connectivity index is 1.19. The Kier molecular flexibility index (Phi) is 12.0. The maximum Gasteiger partial charge on any atom is 0.407 e. The van der Waals surface area contributed by atoms with Gasteiger partial charge in [0.05, 0.1) is 18.6 Å². The highest BCUT2D eigenvalue weighted by atomic mass is 16.6. The number of hydrogen-bond acceptors (Lipinski definition) is 7. The van der Waals surface area contributed by atoms with E-state index >= 15 is 0 Å². The van der Waals surface area contributed by atoms with E-state index in [4.69, 9.17) is 9.47 Å². The molecule has 10 heteroatoms. The van der Waals surface area contributed by atoms with Gasteiger partial charge < -0.3 is 30.1 Å². The van der Waals surface area contributed by atoms with Crippen LogP contribution in [0.1, 0.15) is 55.2 Å². The number of cyclic esters (lactones) is 1. The predicted molar refractivity (Wildman–Crippen MR) is 181 cm³/mol. The summed E-state index contributed by atoms with van der Waals surface area (Å²) in [5.74, 6) is -1.95. The summed E-state index contributed by atoms with van der Waals surface area (Å²) in [6.45, 7) is 2.01. The van der Waals surface area contributed by atoms with Gasteiger partial charge in [0.25, 0.3) is 0 Å². The Morgan fingerprint density at radius 1 is 0.958 bits per heavy atom. The third-order valence-corrected chi connectivity index (χ3v) is 8.72. The molecule has 0 unspecified atom stereocenters. The Morgan fingerprint density at radius 2 is 1.62 bits per heavy atom. The lowest BCUT2D eigenvalue weighted by atomic mass is 9.98. The van der Waals surface area contributed by atoms with Crippen LogP contribution in [0.5, 0.6) is 0 Å². The molecule has 0 fully saturated rings. The maximum atomic E-state index is 13.3. The highest BCUT2D eigenvalue weighted by Gasteiger charge is 2.31. The quantitative estimate of drug-likeness (QED) is 0.225. The number of aliphatic hydroxyl groups is 1. The third kappa shape index (κ3) is 8.89. The van der Waals surface area contributed by atoms with E-state index in [1.165, 1.54) is 0 Å². The number of carbonyl (C=O) groups excluding carboxylic acids is 4. The molecule has 0 bridgehead atoms. The molecule has 1 heterocycles. The van der Waals surface area contributed by atoms with E-state index in [-0.39, 0.29) is 56.9 Å². The van der Waals surface area contributed by atoms with E-state index in [1.807, 2.05) is 78.9 Å². The summed E-state index contributed by atoms with van der Waals surface area (Å²) in [6, 6.07) is 24.1. The number of fused-ring (bicyclic) bond motifs is 3. The number of carbonyl (C=O) groups is 4. The molecule has 3 atom stereocenters. The molecule has 3 N–H and O–H groups in total. The van der Waals surface area contributed by atoms with E-state index in [9.17, 15) is 24.3 Å². The van der Waals surface area contributed by atoms with Gasteiger partial charge in [0.2, 0.25) is 11.8 Å². The van der Waals surface area contributed by atoms with Gasteiger partial charge in [-0.25, -0.2) is 9.59 Å². The van der Waals surface area contributed by atoms with Crippen LogP contribution in [-0.4, -0.2) is 72.3 Å². The van der Waals surface area contributed by atoms with Crippen LogP contribution in [0.3, 0.4) is 0 Å². The van der Waals surface area contributed by atoms with E-state index in [2.05, 4.69) is 22.8 Å². The second-order valence-electron chi connectivity index (χ2n) is 12.3. The molecule has 1 aliphatic carbocycles. The van der Waals surface area contributed by atoms with Crippen molar-refractivity contribution < 1.29 is 33.8 Å². The van der Waals surface area contributed by atoms with Crippen LogP contribution in [0.2, 0.25) is 0 Å². The molecule has 2 aliphatic rings. The molecule has 252 valence electrons. The fraction of sp³-hybridized carbons (Fsp3) is 0.368. The first kappa shape index (κ1) is 34.4. The molecule has 48 heavy (non-hydrogen) atoms. The van der Waals surface area contributed by atoms with Crippen molar-refractivity contribution in [2.45, 2.75) is 57.2 Å². The summed E-state index contributed by atoms with van der Waals surface area (Å²) in [6.07, 6.45) is 3.90. The molecule has 0 spiro atoms. The topological polar surface area (TPSA) is 134 Å². The van der Waals surface area contributed by atoms with E-state index < -0.39 is 30.1 Å². The van der Waals surface area contributed by atoms with Crippen molar-refractivity contribution in [3.63, 3.8) is 0 Å². The predicted octanol–water partition coefficient (Wildman–Crippen LogP) is 4.71. The van der Waals surface area contributed by atoms with E-state index in [1.54, 1.807) is 11.8 Å². The number of aliphatic hydroxyl groups excluding tert-OH is 1. The summed E-state index contributed by atoms with van der Waals surface area (Å²) in [5.41, 5.74) is 5.35. The maximum absolute atomic E-state index is 13.3. The smallest absolute Gasteiger partial charge is 0.407 e. The lowest BCUT2D eigenvalue weighted by molar-refractivity contribution is -0.147. The molecule has 0 saturated carbocycles. The molecular weight excluding hydrogens is 610 g/mol. The van der Waals surface area contributed by atoms with Crippen LogP contribution in [0, 0.1) is 5.92 Å². The Hall–Kier alpha value is -4.96. The molecule has 5 rings (SSSR count). The van der Waals surface area contributed by atoms with Gasteiger partial charge in [-0.3, -0.25) is 9.59 Å². The molecule has 0 saturated heterocycles. The Morgan fingerprint density at radius 3 is 2.31 bits per heavy atom. The van der Waals surface area contributed by atoms with Crippen molar-refractivity contribution in [2.24, 2.45) is 5.92 Å². The number of allylic oxidation sites excluding steroid dienone is 2. The van der Waals surface area contributed by atoms with Crippen LogP contribution in [0.4, 0.5) is 4.79 Å². The summed E-state index contributed by atoms with van der Waals surface area (Å²) >= 11 is 0. The number of nitrogens with zero attached hydrogens (tertiary/aromatic N) is 1. The molecule has 1 aliphatic heterocycles. The molecule has 0 radical (unpaired) electrons. The van der Waals surface area contributed by atoms with Crippen molar-refractivity contribution in [3.8, 4) is 11.1 Å². The highest BCUT2D eigenvalue weighted by molar-refractivity contribution is 5.86. The van der Waals surface area contributed by atoms with Gasteiger partial charge in [-0.2, -0.15) is 0 Å². The number of benzene rings is 3. The normalized spacial score (nSPS) is 20.4. The van der Waals surface area contributed by atoms with Crippen LogP contribution < -0.4 is 10.6 Å². The molecule has 10 nitrogen and oxygen atoms in total. The zero-order valence-electron chi connectivity index (χ0n) is 27.2. The van der Waals surface area contributed by atoms with Crippen LogP contribution in [0.25, 0.3) is 11.1 Å². The average Bonchev–Trinajstić information content (AvgIpc) is 3.42. The van der Waals surface area contributed by atoms with Gasteiger partial charge in [0.15, 0.2) is 0 Å².